The summed E-state index contributed by atoms with van der Waals surface area (Å²) in [5.74, 6) is 2.00. The topological polar surface area (TPSA) is 97.6 Å². The zero-order valence-corrected chi connectivity index (χ0v) is 18.9. The second-order valence-electron chi connectivity index (χ2n) is 7.58. The Kier molecular flexibility index (Phi) is 6.84. The molecule has 8 nitrogen and oxygen atoms in total. The molecule has 2 aromatic carbocycles. The highest BCUT2D eigenvalue weighted by Gasteiger charge is 2.22. The molecule has 0 bridgehead atoms. The monoisotopic (exact) mass is 454 g/mol. The number of amides is 1. The molecule has 3 aromatic rings. The molecule has 1 aliphatic rings. The van der Waals surface area contributed by atoms with Crippen molar-refractivity contribution in [1.29, 1.82) is 0 Å². The van der Waals surface area contributed by atoms with Crippen LogP contribution in [0.1, 0.15) is 32.1 Å². The molecule has 4 rings (SSSR count). The summed E-state index contributed by atoms with van der Waals surface area (Å²) in [6.45, 7) is 4.52. The number of carbonyl (C=O) groups is 1. The highest BCUT2D eigenvalue weighted by Crippen LogP contribution is 2.25. The lowest BCUT2D eigenvalue weighted by Gasteiger charge is -2.19. The van der Waals surface area contributed by atoms with Gasteiger partial charge >= 0.3 is 0 Å². The SMILES string of the molecule is CCCC(Oc1cccc(-c2noc(C)n2)c1)C(=O)Nc1ccc(N2CCCS2=O)cc1. The lowest BCUT2D eigenvalue weighted by molar-refractivity contribution is -0.123. The van der Waals surface area contributed by atoms with Crippen LogP contribution in [0.4, 0.5) is 11.4 Å². The van der Waals surface area contributed by atoms with Crippen molar-refractivity contribution in [3.05, 3.63) is 54.4 Å². The molecule has 2 unspecified atom stereocenters. The minimum atomic E-state index is -0.965. The summed E-state index contributed by atoms with van der Waals surface area (Å²) in [5.41, 5.74) is 2.32. The van der Waals surface area contributed by atoms with Gasteiger partial charge in [-0.25, -0.2) is 4.21 Å². The molecule has 0 radical (unpaired) electrons. The van der Waals surface area contributed by atoms with Gasteiger partial charge < -0.3 is 14.6 Å². The van der Waals surface area contributed by atoms with Gasteiger partial charge in [0.1, 0.15) is 16.7 Å². The van der Waals surface area contributed by atoms with Crippen molar-refractivity contribution in [3.8, 4) is 17.1 Å². The van der Waals surface area contributed by atoms with Gasteiger partial charge in [-0.3, -0.25) is 9.10 Å². The standard InChI is InChI=1S/C23H26N4O4S/c1-3-6-21(30-20-8-4-7-17(15-20)22-24-16(2)31-26-22)23(28)25-18-9-11-19(12-10-18)27-13-5-14-32(27)29/h4,7-12,15,21H,3,5-6,13-14H2,1-2H3,(H,25,28). The molecule has 0 saturated carbocycles. The molecule has 2 atom stereocenters. The van der Waals surface area contributed by atoms with Crippen molar-refractivity contribution in [2.24, 2.45) is 0 Å². The zero-order valence-electron chi connectivity index (χ0n) is 18.1. The van der Waals surface area contributed by atoms with E-state index in [1.807, 2.05) is 47.6 Å². The molecule has 1 N–H and O–H groups in total. The van der Waals surface area contributed by atoms with E-state index in [1.165, 1.54) is 0 Å². The van der Waals surface area contributed by atoms with Gasteiger partial charge in [0.15, 0.2) is 6.10 Å². The van der Waals surface area contributed by atoms with Crippen molar-refractivity contribution < 1.29 is 18.3 Å². The third kappa shape index (κ3) is 5.16. The number of rotatable bonds is 8. The lowest BCUT2D eigenvalue weighted by atomic mass is 10.1. The average Bonchev–Trinajstić information content (AvgIpc) is 3.42. The Morgan fingerprint density at radius 3 is 2.75 bits per heavy atom. The molecule has 0 spiro atoms. The van der Waals surface area contributed by atoms with Crippen molar-refractivity contribution >= 4 is 28.3 Å². The Hall–Kier alpha value is -3.20. The van der Waals surface area contributed by atoms with Crippen LogP contribution in [-0.4, -0.2) is 38.7 Å². The molecular formula is C23H26N4O4S. The van der Waals surface area contributed by atoms with Gasteiger partial charge in [0.05, 0.1) is 0 Å². The number of hydrogen-bond donors (Lipinski definition) is 1. The molecule has 9 heteroatoms. The maximum atomic E-state index is 12.9. The Labute approximate surface area is 189 Å². The molecule has 168 valence electrons. The van der Waals surface area contributed by atoms with Crippen molar-refractivity contribution in [1.82, 2.24) is 10.1 Å². The summed E-state index contributed by atoms with van der Waals surface area (Å²) in [5, 5.41) is 6.86. The molecule has 1 aromatic heterocycles. The second kappa shape index (κ2) is 9.95. The van der Waals surface area contributed by atoms with E-state index < -0.39 is 17.1 Å². The van der Waals surface area contributed by atoms with Gasteiger partial charge in [0.2, 0.25) is 11.7 Å². The molecule has 1 saturated heterocycles. The number of carbonyl (C=O) groups excluding carboxylic acids is 1. The Morgan fingerprint density at radius 1 is 1.28 bits per heavy atom. The number of nitrogens with one attached hydrogen (secondary N) is 1. The van der Waals surface area contributed by atoms with Crippen LogP contribution >= 0.6 is 0 Å². The van der Waals surface area contributed by atoms with Crippen LogP contribution in [0.3, 0.4) is 0 Å². The molecule has 1 amide bonds. The van der Waals surface area contributed by atoms with Crippen LogP contribution < -0.4 is 14.4 Å². The van der Waals surface area contributed by atoms with Crippen LogP contribution in [-0.2, 0) is 15.8 Å². The molecule has 0 aliphatic carbocycles. The highest BCUT2D eigenvalue weighted by molar-refractivity contribution is 7.86. The molecular weight excluding hydrogens is 428 g/mol. The summed E-state index contributed by atoms with van der Waals surface area (Å²) < 4.78 is 25.0. The summed E-state index contributed by atoms with van der Waals surface area (Å²) >= 11 is 0. The number of aryl methyl sites for hydroxylation is 1. The molecule has 1 aliphatic heterocycles. The van der Waals surface area contributed by atoms with Gasteiger partial charge in [-0.05, 0) is 49.2 Å². The van der Waals surface area contributed by atoms with E-state index in [-0.39, 0.29) is 5.91 Å². The number of nitrogens with zero attached hydrogens (tertiary/aromatic N) is 3. The largest absolute Gasteiger partial charge is 0.481 e. The quantitative estimate of drug-likeness (QED) is 0.550. The summed E-state index contributed by atoms with van der Waals surface area (Å²) in [4.78, 5) is 17.2. The number of aromatic nitrogens is 2. The zero-order chi connectivity index (χ0) is 22.5. The van der Waals surface area contributed by atoms with E-state index >= 15 is 0 Å². The van der Waals surface area contributed by atoms with E-state index in [1.54, 1.807) is 19.1 Å². The average molecular weight is 455 g/mol. The highest BCUT2D eigenvalue weighted by atomic mass is 32.2. The van der Waals surface area contributed by atoms with E-state index in [0.29, 0.717) is 35.3 Å². The summed E-state index contributed by atoms with van der Waals surface area (Å²) in [7, 11) is -0.965. The first-order valence-electron chi connectivity index (χ1n) is 10.7. The Morgan fingerprint density at radius 2 is 2.09 bits per heavy atom. The fraction of sp³-hybridized carbons (Fsp3) is 0.348. The van der Waals surface area contributed by atoms with Crippen LogP contribution in [0.2, 0.25) is 0 Å². The minimum absolute atomic E-state index is 0.217. The third-order valence-electron chi connectivity index (χ3n) is 5.09. The van der Waals surface area contributed by atoms with Gasteiger partial charge in [0, 0.05) is 36.2 Å². The maximum Gasteiger partial charge on any atom is 0.265 e. The number of ether oxygens (including phenoxy) is 1. The second-order valence-corrected chi connectivity index (χ2v) is 9.07. The lowest BCUT2D eigenvalue weighted by Crippen LogP contribution is -2.33. The Bertz CT molecular complexity index is 1100. The fourth-order valence-electron chi connectivity index (χ4n) is 3.52. The van der Waals surface area contributed by atoms with Crippen LogP contribution in [0.5, 0.6) is 5.75 Å². The Balaban J connectivity index is 1.43. The van der Waals surface area contributed by atoms with Gasteiger partial charge in [0.25, 0.3) is 5.91 Å². The van der Waals surface area contributed by atoms with E-state index in [0.717, 1.165) is 30.6 Å². The van der Waals surface area contributed by atoms with E-state index in [9.17, 15) is 9.00 Å². The van der Waals surface area contributed by atoms with Gasteiger partial charge in [-0.2, -0.15) is 4.98 Å². The number of hydrogen-bond acceptors (Lipinski definition) is 6. The van der Waals surface area contributed by atoms with Crippen LogP contribution in [0.15, 0.2) is 53.1 Å². The first-order valence-corrected chi connectivity index (χ1v) is 12.0. The van der Waals surface area contributed by atoms with Gasteiger partial charge in [-0.1, -0.05) is 30.6 Å². The van der Waals surface area contributed by atoms with Crippen molar-refractivity contribution in [2.75, 3.05) is 21.9 Å². The maximum absolute atomic E-state index is 12.9. The van der Waals surface area contributed by atoms with E-state index in [4.69, 9.17) is 9.26 Å². The predicted octanol–water partition coefficient (Wildman–Crippen LogP) is 4.11. The smallest absolute Gasteiger partial charge is 0.265 e. The minimum Gasteiger partial charge on any atom is -0.481 e. The van der Waals surface area contributed by atoms with Crippen molar-refractivity contribution in [3.63, 3.8) is 0 Å². The first-order chi connectivity index (χ1) is 15.5. The van der Waals surface area contributed by atoms with Crippen LogP contribution in [0.25, 0.3) is 11.4 Å². The van der Waals surface area contributed by atoms with Crippen molar-refractivity contribution in [2.45, 2.75) is 39.2 Å². The van der Waals surface area contributed by atoms with E-state index in [2.05, 4.69) is 15.5 Å². The fourth-order valence-corrected chi connectivity index (χ4v) is 4.81. The molecule has 2 heterocycles. The van der Waals surface area contributed by atoms with Crippen LogP contribution in [0, 0.1) is 6.92 Å². The van der Waals surface area contributed by atoms with Gasteiger partial charge in [-0.15, -0.1) is 0 Å². The molecule has 1 fully saturated rings. The predicted molar refractivity (Wildman–Crippen MR) is 124 cm³/mol. The number of anilines is 2. The summed E-state index contributed by atoms with van der Waals surface area (Å²) in [6.07, 6.45) is 1.64. The summed E-state index contributed by atoms with van der Waals surface area (Å²) in [6, 6.07) is 14.7. The normalized spacial score (nSPS) is 16.7. The first kappa shape index (κ1) is 22.0. The number of benzene rings is 2. The third-order valence-corrected chi connectivity index (χ3v) is 6.61. The molecule has 32 heavy (non-hydrogen) atoms.